The summed E-state index contributed by atoms with van der Waals surface area (Å²) >= 11 is 0. The van der Waals surface area contributed by atoms with Crippen LogP contribution in [-0.2, 0) is 20.8 Å². The number of carbonyl (C=O) groups is 4. The standard InChI is InChI=1S/C45H49F2N9O4/c46-31-25-30(26-32(47)28-31)24-29-7-12-39-37(27-29)43(53-52-39)51-44(59)36-4-1-2-5-38(36)48-34-15-18-54(19-16-34)17-3-6-42(58)56-22-20-55(21-23-56)35-10-8-33(9-11-35)49-40-13-14-41(57)50-45(40)60/h1-2,4-5,7-12,25-28,34,40,48-49H,3,6,13-24H2,(H,50,57,60)(H2,51,52,53,59). The summed E-state index contributed by atoms with van der Waals surface area (Å²) in [5.74, 6) is -1.52. The van der Waals surface area contributed by atoms with Crippen LogP contribution in [0.3, 0.4) is 0 Å². The number of fused-ring (bicyclic) bond motifs is 1. The summed E-state index contributed by atoms with van der Waals surface area (Å²) in [5, 5.41) is 20.1. The maximum atomic E-state index is 13.8. The molecule has 4 amide bonds. The summed E-state index contributed by atoms with van der Waals surface area (Å²) < 4.78 is 27.6. The number of hydrogen-bond donors (Lipinski definition) is 5. The molecule has 1 unspecified atom stereocenters. The van der Waals surface area contributed by atoms with Crippen molar-refractivity contribution in [2.75, 3.05) is 66.7 Å². The molecule has 0 spiro atoms. The van der Waals surface area contributed by atoms with Crippen molar-refractivity contribution >= 4 is 57.4 Å². The van der Waals surface area contributed by atoms with E-state index in [0.29, 0.717) is 61.1 Å². The lowest BCUT2D eigenvalue weighted by atomic mass is 10.0. The first kappa shape index (κ1) is 40.4. The molecule has 8 rings (SSSR count). The van der Waals surface area contributed by atoms with E-state index in [-0.39, 0.29) is 29.7 Å². The highest BCUT2D eigenvalue weighted by molar-refractivity contribution is 6.10. The second-order valence-corrected chi connectivity index (χ2v) is 15.8. The van der Waals surface area contributed by atoms with Crippen LogP contribution < -0.4 is 26.2 Å². The van der Waals surface area contributed by atoms with E-state index in [9.17, 15) is 28.0 Å². The lowest BCUT2D eigenvalue weighted by molar-refractivity contribution is -0.134. The lowest BCUT2D eigenvalue weighted by Crippen LogP contribution is -2.49. The Labute approximate surface area is 346 Å². The Bertz CT molecular complexity index is 2330. The number of aromatic nitrogens is 2. The molecule has 3 saturated heterocycles. The number of para-hydroxylation sites is 1. The third kappa shape index (κ3) is 9.91. The van der Waals surface area contributed by atoms with E-state index in [1.165, 1.54) is 12.1 Å². The Morgan fingerprint density at radius 2 is 1.55 bits per heavy atom. The van der Waals surface area contributed by atoms with Gasteiger partial charge in [0.1, 0.15) is 17.7 Å². The Kier molecular flexibility index (Phi) is 12.3. The van der Waals surface area contributed by atoms with Gasteiger partial charge in [0.2, 0.25) is 17.7 Å². The average Bonchev–Trinajstić information content (AvgIpc) is 3.64. The predicted octanol–water partition coefficient (Wildman–Crippen LogP) is 5.91. The molecule has 0 aliphatic carbocycles. The quantitative estimate of drug-likeness (QED) is 0.0914. The van der Waals surface area contributed by atoms with E-state index in [1.807, 2.05) is 65.6 Å². The van der Waals surface area contributed by atoms with Gasteiger partial charge in [-0.2, -0.15) is 5.10 Å². The van der Waals surface area contributed by atoms with Crippen LogP contribution >= 0.6 is 0 Å². The van der Waals surface area contributed by atoms with E-state index in [2.05, 4.69) is 41.3 Å². The minimum atomic E-state index is -0.627. The molecule has 13 nitrogen and oxygen atoms in total. The molecule has 3 fully saturated rings. The van der Waals surface area contributed by atoms with Crippen molar-refractivity contribution in [3.8, 4) is 0 Å². The minimum Gasteiger partial charge on any atom is -0.382 e. The van der Waals surface area contributed by atoms with Crippen molar-refractivity contribution in [3.05, 3.63) is 113 Å². The topological polar surface area (TPSA) is 155 Å². The third-order valence-electron chi connectivity index (χ3n) is 11.6. The van der Waals surface area contributed by atoms with Gasteiger partial charge >= 0.3 is 0 Å². The largest absolute Gasteiger partial charge is 0.382 e. The van der Waals surface area contributed by atoms with Gasteiger partial charge in [-0.15, -0.1) is 0 Å². The number of amides is 4. The fourth-order valence-corrected chi connectivity index (χ4v) is 8.34. The number of piperazine rings is 1. The molecule has 5 aromatic rings. The van der Waals surface area contributed by atoms with Crippen molar-refractivity contribution in [1.82, 2.24) is 25.3 Å². The highest BCUT2D eigenvalue weighted by Gasteiger charge is 2.27. The lowest BCUT2D eigenvalue weighted by Gasteiger charge is -2.36. The SMILES string of the molecule is O=C1CCC(Nc2ccc(N3CCN(C(=O)CCCN4CCC(Nc5ccccc5C(=O)Nc5n[nH]c6ccc(Cc7cc(F)cc(F)c7)cc56)CC4)CC3)cc2)C(=O)N1. The number of hydrogen-bond acceptors (Lipinski definition) is 9. The van der Waals surface area contributed by atoms with Crippen molar-refractivity contribution < 1.29 is 28.0 Å². The van der Waals surface area contributed by atoms with Gasteiger partial charge in [-0.3, -0.25) is 29.6 Å². The van der Waals surface area contributed by atoms with Gasteiger partial charge in [0.05, 0.1) is 11.1 Å². The van der Waals surface area contributed by atoms with Crippen LogP contribution in [0.1, 0.15) is 60.0 Å². The summed E-state index contributed by atoms with van der Waals surface area (Å²) in [4.78, 5) is 56.9. The van der Waals surface area contributed by atoms with E-state index in [1.54, 1.807) is 6.07 Å². The number of aromatic amines is 1. The molecule has 4 aromatic carbocycles. The highest BCUT2D eigenvalue weighted by Crippen LogP contribution is 2.27. The van der Waals surface area contributed by atoms with Crippen LogP contribution in [-0.4, -0.2) is 102 Å². The molecule has 5 N–H and O–H groups in total. The van der Waals surface area contributed by atoms with Crippen molar-refractivity contribution in [3.63, 3.8) is 0 Å². The monoisotopic (exact) mass is 817 g/mol. The Morgan fingerprint density at radius 1 is 0.800 bits per heavy atom. The first-order chi connectivity index (χ1) is 29.1. The van der Waals surface area contributed by atoms with Gasteiger partial charge in [-0.1, -0.05) is 18.2 Å². The number of nitrogens with one attached hydrogen (secondary N) is 5. The number of rotatable bonds is 13. The number of halogens is 2. The zero-order chi connectivity index (χ0) is 41.6. The molecule has 3 aliphatic heterocycles. The fourth-order valence-electron chi connectivity index (χ4n) is 8.34. The van der Waals surface area contributed by atoms with Gasteiger partial charge in [0, 0.05) is 86.7 Å². The van der Waals surface area contributed by atoms with Crippen LogP contribution in [0, 0.1) is 11.6 Å². The zero-order valence-electron chi connectivity index (χ0n) is 33.3. The van der Waals surface area contributed by atoms with Gasteiger partial charge < -0.3 is 30.7 Å². The summed E-state index contributed by atoms with van der Waals surface area (Å²) in [6.45, 7) is 5.49. The van der Waals surface area contributed by atoms with Gasteiger partial charge in [0.25, 0.3) is 5.91 Å². The molecule has 1 aromatic heterocycles. The summed E-state index contributed by atoms with van der Waals surface area (Å²) in [7, 11) is 0. The van der Waals surface area contributed by atoms with Crippen molar-refractivity contribution in [2.45, 2.75) is 57.0 Å². The number of benzene rings is 4. The second-order valence-electron chi connectivity index (χ2n) is 15.8. The summed E-state index contributed by atoms with van der Waals surface area (Å²) in [6.07, 6.45) is 4.25. The van der Waals surface area contributed by atoms with Crippen molar-refractivity contribution in [1.29, 1.82) is 0 Å². The van der Waals surface area contributed by atoms with E-state index < -0.39 is 17.7 Å². The fraction of sp³-hybridized carbons (Fsp3) is 0.356. The summed E-state index contributed by atoms with van der Waals surface area (Å²) in [6, 6.07) is 24.1. The van der Waals surface area contributed by atoms with Crippen molar-refractivity contribution in [2.24, 2.45) is 0 Å². The highest BCUT2D eigenvalue weighted by atomic mass is 19.1. The molecule has 3 aliphatic rings. The predicted molar refractivity (Wildman–Crippen MR) is 227 cm³/mol. The maximum absolute atomic E-state index is 13.8. The number of imide groups is 1. The maximum Gasteiger partial charge on any atom is 0.258 e. The molecule has 15 heteroatoms. The smallest absolute Gasteiger partial charge is 0.258 e. The first-order valence-electron chi connectivity index (χ1n) is 20.7. The Morgan fingerprint density at radius 3 is 2.30 bits per heavy atom. The van der Waals surface area contributed by atoms with Gasteiger partial charge in [-0.25, -0.2) is 8.78 Å². The first-order valence-corrected chi connectivity index (χ1v) is 20.7. The van der Waals surface area contributed by atoms with Gasteiger partial charge in [-0.05, 0) is 110 Å². The van der Waals surface area contributed by atoms with Crippen LogP contribution in [0.15, 0.2) is 84.9 Å². The number of H-pyrrole nitrogens is 1. The zero-order valence-corrected chi connectivity index (χ0v) is 33.3. The number of likely N-dealkylation sites (tertiary alicyclic amines) is 1. The molecule has 0 radical (unpaired) electrons. The van der Waals surface area contributed by atoms with Gasteiger partial charge in [0.15, 0.2) is 5.82 Å². The molecule has 312 valence electrons. The van der Waals surface area contributed by atoms with E-state index in [4.69, 9.17) is 0 Å². The minimum absolute atomic E-state index is 0.187. The number of nitrogens with zero attached hydrogens (tertiary/aromatic N) is 4. The molecule has 60 heavy (non-hydrogen) atoms. The number of piperidine rings is 2. The second kappa shape index (κ2) is 18.3. The molecular formula is C45H49F2N9O4. The Balaban J connectivity index is 0.758. The summed E-state index contributed by atoms with van der Waals surface area (Å²) in [5.41, 5.74) is 5.19. The van der Waals surface area contributed by atoms with Crippen LogP contribution in [0.2, 0.25) is 0 Å². The molecule has 0 bridgehead atoms. The molecule has 0 saturated carbocycles. The molecule has 1 atom stereocenters. The normalized spacial score (nSPS) is 17.7. The number of anilines is 4. The third-order valence-corrected chi connectivity index (χ3v) is 11.6. The number of carbonyl (C=O) groups excluding carboxylic acids is 4. The van der Waals surface area contributed by atoms with E-state index >= 15 is 0 Å². The average molecular weight is 818 g/mol. The van der Waals surface area contributed by atoms with Crippen LogP contribution in [0.5, 0.6) is 0 Å². The van der Waals surface area contributed by atoms with E-state index in [0.717, 1.165) is 86.2 Å². The Hall–Kier alpha value is -6.35. The van der Waals surface area contributed by atoms with Crippen LogP contribution in [0.25, 0.3) is 10.9 Å². The molecule has 4 heterocycles. The van der Waals surface area contributed by atoms with Crippen LogP contribution in [0.4, 0.5) is 31.7 Å². The molecular weight excluding hydrogens is 769 g/mol.